The molecule has 1 aliphatic rings. The lowest BCUT2D eigenvalue weighted by Gasteiger charge is -2.16. The summed E-state index contributed by atoms with van der Waals surface area (Å²) in [6.07, 6.45) is 0.289. The van der Waals surface area contributed by atoms with Gasteiger partial charge in [-0.3, -0.25) is 0 Å². The highest BCUT2D eigenvalue weighted by Gasteiger charge is 2.33. The van der Waals surface area contributed by atoms with E-state index < -0.39 is 11.9 Å². The standard InChI is InChI=1S/C11H12ClFN2O3/c1-6-2-7(5-15(6)11(16)17)18-10-3-8(12)9(13)4-14-10/h3-4,6-7H,2,5H2,1H3,(H,16,17)/t6-,7+/m0/s1. The maximum Gasteiger partial charge on any atom is 0.407 e. The Balaban J connectivity index is 2.03. The van der Waals surface area contributed by atoms with Gasteiger partial charge in [0.25, 0.3) is 0 Å². The van der Waals surface area contributed by atoms with Crippen molar-refractivity contribution in [1.29, 1.82) is 0 Å². The summed E-state index contributed by atoms with van der Waals surface area (Å²) in [4.78, 5) is 15.9. The summed E-state index contributed by atoms with van der Waals surface area (Å²) in [5.41, 5.74) is 0. The van der Waals surface area contributed by atoms with E-state index in [1.807, 2.05) is 6.92 Å². The predicted molar refractivity (Wildman–Crippen MR) is 62.4 cm³/mol. The van der Waals surface area contributed by atoms with Crippen molar-refractivity contribution in [2.24, 2.45) is 0 Å². The molecule has 1 aromatic heterocycles. The second kappa shape index (κ2) is 4.97. The molecule has 1 amide bonds. The van der Waals surface area contributed by atoms with Crippen LogP contribution in [0.1, 0.15) is 13.3 Å². The number of aromatic nitrogens is 1. The van der Waals surface area contributed by atoms with E-state index in [9.17, 15) is 9.18 Å². The molecular weight excluding hydrogens is 263 g/mol. The van der Waals surface area contributed by atoms with Crippen LogP contribution in [0.25, 0.3) is 0 Å². The van der Waals surface area contributed by atoms with E-state index in [0.29, 0.717) is 6.42 Å². The third kappa shape index (κ3) is 2.64. The molecule has 0 aliphatic carbocycles. The molecule has 0 unspecified atom stereocenters. The lowest BCUT2D eigenvalue weighted by Crippen LogP contribution is -2.33. The number of hydrogen-bond acceptors (Lipinski definition) is 3. The van der Waals surface area contributed by atoms with Gasteiger partial charge in [0, 0.05) is 18.5 Å². The van der Waals surface area contributed by atoms with Crippen LogP contribution in [0.4, 0.5) is 9.18 Å². The third-order valence-corrected chi connectivity index (χ3v) is 3.14. The van der Waals surface area contributed by atoms with Gasteiger partial charge in [0.1, 0.15) is 6.10 Å². The van der Waals surface area contributed by atoms with E-state index in [2.05, 4.69) is 4.98 Å². The molecule has 0 radical (unpaired) electrons. The summed E-state index contributed by atoms with van der Waals surface area (Å²) in [5.74, 6) is -0.415. The van der Waals surface area contributed by atoms with Crippen molar-refractivity contribution in [1.82, 2.24) is 9.88 Å². The number of carboxylic acid groups (broad SMARTS) is 1. The first-order chi connectivity index (χ1) is 8.47. The van der Waals surface area contributed by atoms with Gasteiger partial charge < -0.3 is 14.7 Å². The van der Waals surface area contributed by atoms with Crippen LogP contribution in [0.3, 0.4) is 0 Å². The van der Waals surface area contributed by atoms with Crippen molar-refractivity contribution in [2.45, 2.75) is 25.5 Å². The number of amides is 1. The number of likely N-dealkylation sites (tertiary alicyclic amines) is 1. The lowest BCUT2D eigenvalue weighted by atomic mass is 10.2. The van der Waals surface area contributed by atoms with Gasteiger partial charge in [0.15, 0.2) is 5.82 Å². The Labute approximate surface area is 108 Å². The van der Waals surface area contributed by atoms with E-state index in [0.717, 1.165) is 6.20 Å². The van der Waals surface area contributed by atoms with Crippen LogP contribution in [-0.2, 0) is 0 Å². The minimum atomic E-state index is -0.973. The van der Waals surface area contributed by atoms with Gasteiger partial charge in [-0.25, -0.2) is 14.2 Å². The zero-order chi connectivity index (χ0) is 13.3. The second-order valence-corrected chi connectivity index (χ2v) is 4.60. The number of rotatable bonds is 2. The van der Waals surface area contributed by atoms with Crippen molar-refractivity contribution in [3.05, 3.63) is 23.1 Å². The number of pyridine rings is 1. The minimum absolute atomic E-state index is 0.0684. The second-order valence-electron chi connectivity index (χ2n) is 4.20. The van der Waals surface area contributed by atoms with Crippen LogP contribution in [-0.4, -0.2) is 39.8 Å². The van der Waals surface area contributed by atoms with Crippen LogP contribution in [0.5, 0.6) is 5.88 Å². The Morgan fingerprint density at radius 2 is 2.44 bits per heavy atom. The monoisotopic (exact) mass is 274 g/mol. The molecule has 1 aromatic rings. The fraction of sp³-hybridized carbons (Fsp3) is 0.455. The quantitative estimate of drug-likeness (QED) is 0.899. The van der Waals surface area contributed by atoms with E-state index in [1.165, 1.54) is 11.0 Å². The van der Waals surface area contributed by atoms with Gasteiger partial charge in [-0.05, 0) is 6.92 Å². The summed E-state index contributed by atoms with van der Waals surface area (Å²) in [7, 11) is 0. The average Bonchev–Trinajstić information content (AvgIpc) is 2.65. The first-order valence-electron chi connectivity index (χ1n) is 5.44. The summed E-state index contributed by atoms with van der Waals surface area (Å²) < 4.78 is 18.4. The zero-order valence-electron chi connectivity index (χ0n) is 9.64. The molecule has 2 atom stereocenters. The molecule has 1 fully saturated rings. The molecule has 0 aromatic carbocycles. The molecule has 0 bridgehead atoms. The van der Waals surface area contributed by atoms with Crippen LogP contribution in [0.15, 0.2) is 12.3 Å². The van der Waals surface area contributed by atoms with Crippen LogP contribution >= 0.6 is 11.6 Å². The number of hydrogen-bond donors (Lipinski definition) is 1. The molecule has 7 heteroatoms. The number of carbonyl (C=O) groups is 1. The highest BCUT2D eigenvalue weighted by atomic mass is 35.5. The molecule has 2 heterocycles. The molecule has 0 saturated carbocycles. The zero-order valence-corrected chi connectivity index (χ0v) is 10.4. The van der Waals surface area contributed by atoms with E-state index >= 15 is 0 Å². The predicted octanol–water partition coefficient (Wildman–Crippen LogP) is 2.39. The van der Waals surface area contributed by atoms with Crippen LogP contribution < -0.4 is 4.74 Å². The lowest BCUT2D eigenvalue weighted by molar-refractivity contribution is 0.136. The number of ether oxygens (including phenoxy) is 1. The summed E-state index contributed by atoms with van der Waals surface area (Å²) in [6.45, 7) is 2.08. The van der Waals surface area contributed by atoms with E-state index in [1.54, 1.807) is 0 Å². The first-order valence-corrected chi connectivity index (χ1v) is 5.82. The Bertz CT molecular complexity index is 472. The largest absolute Gasteiger partial charge is 0.472 e. The Morgan fingerprint density at radius 1 is 1.72 bits per heavy atom. The summed E-state index contributed by atoms with van der Waals surface area (Å²) in [6, 6.07) is 1.17. The maximum atomic E-state index is 12.9. The Hall–Kier alpha value is -1.56. The van der Waals surface area contributed by atoms with Gasteiger partial charge in [-0.15, -0.1) is 0 Å². The molecule has 1 N–H and O–H groups in total. The smallest absolute Gasteiger partial charge is 0.407 e. The van der Waals surface area contributed by atoms with Gasteiger partial charge in [-0.1, -0.05) is 11.6 Å². The minimum Gasteiger partial charge on any atom is -0.472 e. The van der Waals surface area contributed by atoms with E-state index in [4.69, 9.17) is 21.4 Å². The highest BCUT2D eigenvalue weighted by molar-refractivity contribution is 6.30. The summed E-state index contributed by atoms with van der Waals surface area (Å²) >= 11 is 5.61. The van der Waals surface area contributed by atoms with Crippen molar-refractivity contribution in [3.8, 4) is 5.88 Å². The average molecular weight is 275 g/mol. The fourth-order valence-corrected chi connectivity index (χ4v) is 2.11. The topological polar surface area (TPSA) is 62.7 Å². The molecule has 98 valence electrons. The van der Waals surface area contributed by atoms with E-state index in [-0.39, 0.29) is 29.6 Å². The van der Waals surface area contributed by atoms with Gasteiger partial charge in [0.2, 0.25) is 5.88 Å². The molecule has 1 saturated heterocycles. The van der Waals surface area contributed by atoms with Gasteiger partial charge >= 0.3 is 6.09 Å². The van der Waals surface area contributed by atoms with Crippen LogP contribution in [0.2, 0.25) is 5.02 Å². The molecule has 5 nitrogen and oxygen atoms in total. The van der Waals surface area contributed by atoms with Crippen molar-refractivity contribution in [3.63, 3.8) is 0 Å². The van der Waals surface area contributed by atoms with Crippen molar-refractivity contribution >= 4 is 17.7 Å². The normalized spacial score (nSPS) is 23.2. The maximum absolute atomic E-state index is 12.9. The van der Waals surface area contributed by atoms with Crippen molar-refractivity contribution in [2.75, 3.05) is 6.54 Å². The molecule has 18 heavy (non-hydrogen) atoms. The number of halogens is 2. The molecular formula is C11H12ClFN2O3. The number of nitrogens with zero attached hydrogens (tertiary/aromatic N) is 2. The first kappa shape index (κ1) is 12.9. The van der Waals surface area contributed by atoms with Gasteiger partial charge in [-0.2, -0.15) is 0 Å². The Morgan fingerprint density at radius 3 is 3.00 bits per heavy atom. The fourth-order valence-electron chi connectivity index (χ4n) is 1.97. The molecule has 1 aliphatic heterocycles. The highest BCUT2D eigenvalue weighted by Crippen LogP contribution is 2.24. The third-order valence-electron chi connectivity index (χ3n) is 2.85. The molecule has 0 spiro atoms. The Kier molecular flexibility index (Phi) is 3.56. The summed E-state index contributed by atoms with van der Waals surface area (Å²) in [5, 5.41) is 8.86. The van der Waals surface area contributed by atoms with Crippen molar-refractivity contribution < 1.29 is 19.0 Å². The van der Waals surface area contributed by atoms with Gasteiger partial charge in [0.05, 0.1) is 17.8 Å². The van der Waals surface area contributed by atoms with Crippen LogP contribution in [0, 0.1) is 5.82 Å². The SMILES string of the molecule is C[C@H]1C[C@@H](Oc2cc(Cl)c(F)cn2)CN1C(=O)O. The molecule has 2 rings (SSSR count).